The zero-order chi connectivity index (χ0) is 23.4. The van der Waals surface area contributed by atoms with Crippen LogP contribution in [0.3, 0.4) is 0 Å². The molecule has 0 fully saturated rings. The van der Waals surface area contributed by atoms with Crippen LogP contribution < -0.4 is 10.1 Å². The number of aromatic nitrogens is 2. The molecule has 0 saturated heterocycles. The Morgan fingerprint density at radius 3 is 2.64 bits per heavy atom. The number of hydrogen-bond donors (Lipinski definition) is 1. The third-order valence-electron chi connectivity index (χ3n) is 4.87. The van der Waals surface area contributed by atoms with Gasteiger partial charge in [-0.25, -0.2) is 9.07 Å². The number of nitrogens with one attached hydrogen (secondary N) is 1. The van der Waals surface area contributed by atoms with E-state index in [4.69, 9.17) is 16.3 Å². The van der Waals surface area contributed by atoms with Crippen LogP contribution in [0.2, 0.25) is 5.02 Å². The average Bonchev–Trinajstić information content (AvgIpc) is 3.31. The monoisotopic (exact) mass is 463 g/mol. The van der Waals surface area contributed by atoms with E-state index in [1.54, 1.807) is 29.1 Å². The highest BCUT2D eigenvalue weighted by atomic mass is 35.5. The van der Waals surface area contributed by atoms with Crippen molar-refractivity contribution in [2.24, 2.45) is 0 Å². The zero-order valence-corrected chi connectivity index (χ0v) is 18.3. The fraction of sp³-hybridized carbons (Fsp3) is 0.0800. The van der Waals surface area contributed by atoms with Crippen LogP contribution in [0.25, 0.3) is 5.69 Å². The number of carbonyl (C=O) groups excluding carboxylic acids is 2. The molecule has 4 aromatic rings. The zero-order valence-electron chi connectivity index (χ0n) is 17.6. The molecule has 0 saturated carbocycles. The van der Waals surface area contributed by atoms with Gasteiger partial charge in [-0.05, 0) is 55.0 Å². The molecule has 8 heteroatoms. The first kappa shape index (κ1) is 22.2. The number of aryl methyl sites for hydroxylation is 1. The Hall–Kier alpha value is -3.97. The third kappa shape index (κ3) is 5.27. The summed E-state index contributed by atoms with van der Waals surface area (Å²) in [4.78, 5) is 25.4. The van der Waals surface area contributed by atoms with Gasteiger partial charge in [0.25, 0.3) is 5.91 Å². The highest BCUT2D eigenvalue weighted by Crippen LogP contribution is 2.24. The molecule has 166 valence electrons. The molecule has 3 aromatic carbocycles. The molecule has 0 spiro atoms. The fourth-order valence-electron chi connectivity index (χ4n) is 3.13. The highest BCUT2D eigenvalue weighted by molar-refractivity contribution is 6.31. The summed E-state index contributed by atoms with van der Waals surface area (Å²) in [5, 5.41) is 7.40. The predicted molar refractivity (Wildman–Crippen MR) is 124 cm³/mol. The number of carbonyl (C=O) groups is 2. The van der Waals surface area contributed by atoms with Gasteiger partial charge in [-0.1, -0.05) is 35.9 Å². The van der Waals surface area contributed by atoms with Crippen LogP contribution in [0.1, 0.15) is 21.5 Å². The first-order valence-electron chi connectivity index (χ1n) is 10.0. The number of amides is 1. The number of hydrogen-bond acceptors (Lipinski definition) is 4. The van der Waals surface area contributed by atoms with Gasteiger partial charge in [0.2, 0.25) is 0 Å². The lowest BCUT2D eigenvalue weighted by Crippen LogP contribution is -2.21. The van der Waals surface area contributed by atoms with Gasteiger partial charge in [0.15, 0.2) is 12.4 Å². The molecular formula is C25H19ClFN3O3. The molecule has 0 aliphatic carbocycles. The van der Waals surface area contributed by atoms with Crippen molar-refractivity contribution >= 4 is 29.0 Å². The van der Waals surface area contributed by atoms with Crippen molar-refractivity contribution in [1.29, 1.82) is 0 Å². The van der Waals surface area contributed by atoms with Gasteiger partial charge in [0, 0.05) is 16.9 Å². The van der Waals surface area contributed by atoms with Gasteiger partial charge in [-0.3, -0.25) is 9.59 Å². The van der Waals surface area contributed by atoms with E-state index in [2.05, 4.69) is 10.4 Å². The smallest absolute Gasteiger partial charge is 0.262 e. The normalized spacial score (nSPS) is 10.6. The quantitative estimate of drug-likeness (QED) is 0.381. The van der Waals surface area contributed by atoms with Gasteiger partial charge < -0.3 is 10.1 Å². The van der Waals surface area contributed by atoms with Crippen molar-refractivity contribution in [2.75, 3.05) is 11.9 Å². The number of nitrogens with zero attached hydrogens (tertiary/aromatic N) is 2. The predicted octanol–water partition coefficient (Wildman–Crippen LogP) is 5.22. The van der Waals surface area contributed by atoms with Crippen molar-refractivity contribution in [3.8, 4) is 11.4 Å². The highest BCUT2D eigenvalue weighted by Gasteiger charge is 2.19. The van der Waals surface area contributed by atoms with E-state index >= 15 is 0 Å². The second-order valence-electron chi connectivity index (χ2n) is 7.28. The van der Waals surface area contributed by atoms with E-state index in [-0.39, 0.29) is 23.5 Å². The topological polar surface area (TPSA) is 73.2 Å². The average molecular weight is 464 g/mol. The van der Waals surface area contributed by atoms with Crippen LogP contribution in [0.15, 0.2) is 79.1 Å². The maximum Gasteiger partial charge on any atom is 0.262 e. The summed E-state index contributed by atoms with van der Waals surface area (Å²) in [6, 6.07) is 18.0. The lowest BCUT2D eigenvalue weighted by Gasteiger charge is -2.11. The summed E-state index contributed by atoms with van der Waals surface area (Å²) >= 11 is 6.08. The van der Waals surface area contributed by atoms with Crippen molar-refractivity contribution in [3.05, 3.63) is 107 Å². The summed E-state index contributed by atoms with van der Waals surface area (Å²) in [6.45, 7) is 1.48. The van der Waals surface area contributed by atoms with Crippen LogP contribution >= 0.6 is 11.6 Å². The van der Waals surface area contributed by atoms with Crippen LogP contribution in [0.4, 0.5) is 10.1 Å². The lowest BCUT2D eigenvalue weighted by molar-refractivity contribution is -0.118. The third-order valence-corrected chi connectivity index (χ3v) is 5.27. The molecule has 0 radical (unpaired) electrons. The second kappa shape index (κ2) is 9.67. The molecule has 0 aliphatic heterocycles. The molecule has 0 bridgehead atoms. The first-order chi connectivity index (χ1) is 15.9. The Morgan fingerprint density at radius 1 is 1.09 bits per heavy atom. The molecule has 0 atom stereocenters. The SMILES string of the molecule is Cc1ccc(NC(=O)COc2ccc(F)cc2C(=O)c2cnn(-c3ccccc3)c2)cc1Cl. The van der Waals surface area contributed by atoms with Gasteiger partial charge in [-0.2, -0.15) is 5.10 Å². The van der Waals surface area contributed by atoms with Crippen molar-refractivity contribution in [3.63, 3.8) is 0 Å². The van der Waals surface area contributed by atoms with Crippen molar-refractivity contribution in [2.45, 2.75) is 6.92 Å². The molecule has 1 amide bonds. The largest absolute Gasteiger partial charge is 0.483 e. The number of ketones is 1. The Morgan fingerprint density at radius 2 is 1.88 bits per heavy atom. The van der Waals surface area contributed by atoms with E-state index in [9.17, 15) is 14.0 Å². The molecular weight excluding hydrogens is 445 g/mol. The Kier molecular flexibility index (Phi) is 6.51. The minimum Gasteiger partial charge on any atom is -0.483 e. The van der Waals surface area contributed by atoms with Crippen LogP contribution in [-0.2, 0) is 4.79 Å². The molecule has 6 nitrogen and oxygen atoms in total. The fourth-order valence-corrected chi connectivity index (χ4v) is 3.31. The van der Waals surface area contributed by atoms with E-state index < -0.39 is 17.5 Å². The molecule has 0 unspecified atom stereocenters. The number of rotatable bonds is 7. The maximum absolute atomic E-state index is 13.9. The van der Waals surface area contributed by atoms with E-state index in [0.29, 0.717) is 10.7 Å². The summed E-state index contributed by atoms with van der Waals surface area (Å²) in [5.41, 5.74) is 2.43. The van der Waals surface area contributed by atoms with Gasteiger partial charge in [0.05, 0.1) is 23.0 Å². The number of ether oxygens (including phenoxy) is 1. The summed E-state index contributed by atoms with van der Waals surface area (Å²) < 4.78 is 21.0. The number of para-hydroxylation sites is 1. The molecule has 33 heavy (non-hydrogen) atoms. The molecule has 4 rings (SSSR count). The second-order valence-corrected chi connectivity index (χ2v) is 7.69. The maximum atomic E-state index is 13.9. The van der Waals surface area contributed by atoms with E-state index in [1.807, 2.05) is 37.3 Å². The van der Waals surface area contributed by atoms with Crippen LogP contribution in [-0.4, -0.2) is 28.1 Å². The minimum atomic E-state index is -0.597. The van der Waals surface area contributed by atoms with Crippen molar-refractivity contribution in [1.82, 2.24) is 9.78 Å². The number of benzene rings is 3. The van der Waals surface area contributed by atoms with Crippen molar-refractivity contribution < 1.29 is 18.7 Å². The Bertz CT molecular complexity index is 1320. The van der Waals surface area contributed by atoms with E-state index in [0.717, 1.165) is 23.4 Å². The standard InChI is InChI=1S/C25H19ClFN3O3/c1-16-7-9-19(12-22(16)26)29-24(31)15-33-23-10-8-18(27)11-21(23)25(32)17-13-28-30(14-17)20-5-3-2-4-6-20/h2-14H,15H2,1H3,(H,29,31). The summed E-state index contributed by atoms with van der Waals surface area (Å²) in [7, 11) is 0. The molecule has 1 N–H and O–H groups in total. The summed E-state index contributed by atoms with van der Waals surface area (Å²) in [6.07, 6.45) is 2.96. The first-order valence-corrected chi connectivity index (χ1v) is 10.4. The van der Waals surface area contributed by atoms with E-state index in [1.165, 1.54) is 12.3 Å². The Balaban J connectivity index is 1.49. The van der Waals surface area contributed by atoms with Gasteiger partial charge >= 0.3 is 0 Å². The Labute approximate surface area is 194 Å². The molecule has 1 heterocycles. The number of halogens is 2. The molecule has 1 aromatic heterocycles. The van der Waals surface area contributed by atoms with Gasteiger partial charge in [-0.15, -0.1) is 0 Å². The summed E-state index contributed by atoms with van der Waals surface area (Å²) in [5.74, 6) is -1.43. The van der Waals surface area contributed by atoms with Crippen LogP contribution in [0.5, 0.6) is 5.75 Å². The molecule has 0 aliphatic rings. The van der Waals surface area contributed by atoms with Gasteiger partial charge in [0.1, 0.15) is 11.6 Å². The number of anilines is 1. The lowest BCUT2D eigenvalue weighted by atomic mass is 10.1. The minimum absolute atomic E-state index is 0.00575. The van der Waals surface area contributed by atoms with Crippen LogP contribution in [0, 0.1) is 12.7 Å².